The lowest BCUT2D eigenvalue weighted by molar-refractivity contribution is -0.163. The average molecular weight is 535 g/mol. The fourth-order valence-electron chi connectivity index (χ4n) is 4.00. The van der Waals surface area contributed by atoms with Crippen LogP contribution in [0.2, 0.25) is 18.1 Å². The second-order valence-corrected chi connectivity index (χ2v) is 15.7. The molecule has 1 aliphatic carbocycles. The van der Waals surface area contributed by atoms with Gasteiger partial charge in [-0.25, -0.2) is 9.59 Å². The molecule has 1 aliphatic heterocycles. The van der Waals surface area contributed by atoms with E-state index in [0.717, 1.165) is 0 Å². The van der Waals surface area contributed by atoms with E-state index in [4.69, 9.17) is 23.4 Å². The molecule has 4 atom stereocenters. The summed E-state index contributed by atoms with van der Waals surface area (Å²) >= 11 is 0. The third kappa shape index (κ3) is 6.65. The Morgan fingerprint density at radius 3 is 2.30 bits per heavy atom. The molecule has 0 amide bonds. The normalized spacial score (nSPS) is 25.5. The van der Waals surface area contributed by atoms with Crippen LogP contribution in [0.5, 0.6) is 11.5 Å². The third-order valence-electron chi connectivity index (χ3n) is 6.84. The molecule has 0 radical (unpaired) electrons. The van der Waals surface area contributed by atoms with Gasteiger partial charge in [0.15, 0.2) is 31.5 Å². The van der Waals surface area contributed by atoms with Crippen molar-refractivity contribution in [3.05, 3.63) is 29.8 Å². The van der Waals surface area contributed by atoms with Gasteiger partial charge in [-0.3, -0.25) is 9.59 Å². The first-order valence-corrected chi connectivity index (χ1v) is 14.9. The molecule has 1 saturated heterocycles. The minimum absolute atomic E-state index is 0.0190. The van der Waals surface area contributed by atoms with E-state index < -0.39 is 56.1 Å². The maximum absolute atomic E-state index is 12.8. The van der Waals surface area contributed by atoms with Crippen molar-refractivity contribution < 1.29 is 47.7 Å². The number of hydrogen-bond acceptors (Lipinski definition) is 10. The highest BCUT2D eigenvalue weighted by molar-refractivity contribution is 6.74. The van der Waals surface area contributed by atoms with Gasteiger partial charge in [0.25, 0.3) is 0 Å². The Morgan fingerprint density at radius 2 is 1.70 bits per heavy atom. The molecule has 2 fully saturated rings. The first-order chi connectivity index (χ1) is 17.0. The molecule has 0 spiro atoms. The molecule has 1 N–H and O–H groups in total. The molecule has 1 aromatic carbocycles. The van der Waals surface area contributed by atoms with E-state index in [0.29, 0.717) is 5.56 Å². The van der Waals surface area contributed by atoms with Crippen LogP contribution in [-0.2, 0) is 33.1 Å². The van der Waals surface area contributed by atoms with Gasteiger partial charge in [-0.15, -0.1) is 0 Å². The van der Waals surface area contributed by atoms with Crippen molar-refractivity contribution in [2.24, 2.45) is 0 Å². The van der Waals surface area contributed by atoms with Crippen molar-refractivity contribution in [1.82, 2.24) is 0 Å². The quantitative estimate of drug-likeness (QED) is 0.240. The van der Waals surface area contributed by atoms with Crippen LogP contribution in [0.3, 0.4) is 0 Å². The highest BCUT2D eigenvalue weighted by Crippen LogP contribution is 2.45. The van der Waals surface area contributed by atoms with Gasteiger partial charge in [0.1, 0.15) is 6.10 Å². The van der Waals surface area contributed by atoms with Crippen LogP contribution in [-0.4, -0.2) is 61.2 Å². The number of fused-ring (bicyclic) bond motifs is 2. The van der Waals surface area contributed by atoms with Gasteiger partial charge in [0, 0.05) is 32.8 Å². The van der Waals surface area contributed by atoms with Crippen molar-refractivity contribution in [1.29, 1.82) is 0 Å². The molecule has 202 valence electrons. The molecule has 2 bridgehead atoms. The Labute approximate surface area is 217 Å². The molecule has 1 saturated carbocycles. The van der Waals surface area contributed by atoms with Crippen LogP contribution in [0.4, 0.5) is 0 Å². The molecule has 0 aromatic heterocycles. The van der Waals surface area contributed by atoms with E-state index in [-0.39, 0.29) is 29.4 Å². The molecule has 0 unspecified atom stereocenters. The number of esters is 4. The smallest absolute Gasteiger partial charge is 0.338 e. The van der Waals surface area contributed by atoms with Gasteiger partial charge in [0.2, 0.25) is 0 Å². The minimum Gasteiger partial charge on any atom is -0.456 e. The topological polar surface area (TPSA) is 135 Å². The number of carbonyl (C=O) groups excluding carboxylic acids is 4. The number of aliphatic hydroxyl groups is 1. The van der Waals surface area contributed by atoms with E-state index in [9.17, 15) is 24.3 Å². The Balaban J connectivity index is 1.79. The van der Waals surface area contributed by atoms with Crippen LogP contribution in [0.15, 0.2) is 24.3 Å². The molecular weight excluding hydrogens is 500 g/mol. The van der Waals surface area contributed by atoms with Crippen LogP contribution < -0.4 is 9.47 Å². The zero-order chi connectivity index (χ0) is 27.8. The van der Waals surface area contributed by atoms with E-state index in [1.54, 1.807) is 6.07 Å². The number of benzene rings is 1. The van der Waals surface area contributed by atoms with E-state index in [1.165, 1.54) is 38.1 Å². The predicted molar refractivity (Wildman–Crippen MR) is 134 cm³/mol. The van der Waals surface area contributed by atoms with Gasteiger partial charge in [0.05, 0.1) is 6.10 Å². The van der Waals surface area contributed by atoms with Crippen molar-refractivity contribution in [3.63, 3.8) is 0 Å². The lowest BCUT2D eigenvalue weighted by Gasteiger charge is -2.44. The summed E-state index contributed by atoms with van der Waals surface area (Å²) in [6.45, 7) is 12.7. The SMILES string of the molecule is CC(=O)Oc1ccc(/C=C/C(=O)O[C@H]2[C@H]3C[C@@](O)(C[C@H]2O[Si](C)(C)C(C)(C)C)C(=O)O3)cc1OC(C)=O. The first kappa shape index (κ1) is 28.5. The van der Waals surface area contributed by atoms with Gasteiger partial charge in [-0.05, 0) is 41.9 Å². The van der Waals surface area contributed by atoms with Crippen LogP contribution in [0.1, 0.15) is 53.0 Å². The maximum Gasteiger partial charge on any atom is 0.338 e. The first-order valence-electron chi connectivity index (χ1n) is 12.0. The second kappa shape index (κ2) is 10.4. The van der Waals surface area contributed by atoms with Crippen molar-refractivity contribution in [2.45, 2.75) is 89.5 Å². The fraction of sp³-hybridized carbons (Fsp3) is 0.538. The minimum atomic E-state index is -2.34. The molecular formula is C26H34O10Si. The number of rotatable bonds is 7. The fourth-order valence-corrected chi connectivity index (χ4v) is 5.33. The molecule has 10 nitrogen and oxygen atoms in total. The summed E-state index contributed by atoms with van der Waals surface area (Å²) in [5, 5.41) is 10.6. The molecule has 2 aliphatic rings. The van der Waals surface area contributed by atoms with Gasteiger partial charge < -0.3 is 28.5 Å². The average Bonchev–Trinajstić information content (AvgIpc) is 2.99. The highest BCUT2D eigenvalue weighted by Gasteiger charge is 2.60. The lowest BCUT2D eigenvalue weighted by atomic mass is 9.82. The number of hydrogen-bond donors (Lipinski definition) is 1. The summed E-state index contributed by atoms with van der Waals surface area (Å²) < 4.78 is 27.7. The molecule has 37 heavy (non-hydrogen) atoms. The Kier molecular flexibility index (Phi) is 8.01. The monoisotopic (exact) mass is 534 g/mol. The summed E-state index contributed by atoms with van der Waals surface area (Å²) in [4.78, 5) is 47.8. The van der Waals surface area contributed by atoms with E-state index >= 15 is 0 Å². The lowest BCUT2D eigenvalue weighted by Crippen LogP contribution is -2.56. The zero-order valence-electron chi connectivity index (χ0n) is 22.2. The third-order valence-corrected chi connectivity index (χ3v) is 11.3. The maximum atomic E-state index is 12.8. The predicted octanol–water partition coefficient (Wildman–Crippen LogP) is 3.30. The van der Waals surface area contributed by atoms with Gasteiger partial charge >= 0.3 is 23.9 Å². The van der Waals surface area contributed by atoms with Crippen molar-refractivity contribution >= 4 is 38.3 Å². The Bertz CT molecular complexity index is 1120. The molecule has 11 heteroatoms. The van der Waals surface area contributed by atoms with Crippen molar-refractivity contribution in [2.75, 3.05) is 0 Å². The summed E-state index contributed by atoms with van der Waals surface area (Å²) in [6.07, 6.45) is 0.189. The zero-order valence-corrected chi connectivity index (χ0v) is 23.2. The van der Waals surface area contributed by atoms with Crippen LogP contribution >= 0.6 is 0 Å². The van der Waals surface area contributed by atoms with E-state index in [2.05, 4.69) is 20.8 Å². The standard InChI is InChI=1S/C26H34O10Si/c1-15(27)32-18-10-8-17(12-19(18)33-16(2)28)9-11-22(29)35-23-20-13-26(31,24(30)34-20)14-21(23)36-37(6,7)25(3,4)5/h8-12,20-21,23,31H,13-14H2,1-7H3/b11-9+/t20-,21-,23+,26-/m1/s1. The second-order valence-electron chi connectivity index (χ2n) is 10.9. The van der Waals surface area contributed by atoms with Crippen LogP contribution in [0, 0.1) is 0 Å². The molecule has 1 aromatic rings. The molecule has 1 heterocycles. The Hall–Kier alpha value is -3.02. The Morgan fingerprint density at radius 1 is 1.08 bits per heavy atom. The summed E-state index contributed by atoms with van der Waals surface area (Å²) in [5.74, 6) is -2.55. The molecule has 3 rings (SSSR count). The summed E-state index contributed by atoms with van der Waals surface area (Å²) in [7, 11) is -2.34. The largest absolute Gasteiger partial charge is 0.456 e. The van der Waals surface area contributed by atoms with Gasteiger partial charge in [-0.2, -0.15) is 0 Å². The van der Waals surface area contributed by atoms with E-state index in [1.807, 2.05) is 13.1 Å². The highest BCUT2D eigenvalue weighted by atomic mass is 28.4. The van der Waals surface area contributed by atoms with Gasteiger partial charge in [-0.1, -0.05) is 26.8 Å². The summed E-state index contributed by atoms with van der Waals surface area (Å²) in [5.41, 5.74) is -1.18. The number of ether oxygens (including phenoxy) is 4. The van der Waals surface area contributed by atoms with Crippen LogP contribution in [0.25, 0.3) is 6.08 Å². The van der Waals surface area contributed by atoms with Crippen molar-refractivity contribution in [3.8, 4) is 11.5 Å². The summed E-state index contributed by atoms with van der Waals surface area (Å²) in [6, 6.07) is 4.44. The number of carbonyl (C=O) groups is 4.